The fraction of sp³-hybridized carbons (Fsp3) is 0.321. The lowest BCUT2D eigenvalue weighted by atomic mass is 9.97. The Morgan fingerprint density at radius 2 is 1.87 bits per heavy atom. The number of aliphatic hydroxyl groups is 1. The van der Waals surface area contributed by atoms with Crippen LogP contribution < -0.4 is 0 Å². The third kappa shape index (κ3) is 6.50. The number of aliphatic hydroxyl groups excluding tert-OH is 1. The molecule has 0 bridgehead atoms. The summed E-state index contributed by atoms with van der Waals surface area (Å²) in [6.45, 7) is 6.02. The molecule has 2 N–H and O–H groups in total. The van der Waals surface area contributed by atoms with E-state index in [4.69, 9.17) is 9.15 Å². The Balaban J connectivity index is 2.05. The molecule has 0 saturated carbocycles. The van der Waals surface area contributed by atoms with E-state index in [1.54, 1.807) is 18.2 Å². The van der Waals surface area contributed by atoms with E-state index in [1.807, 2.05) is 13.8 Å². The minimum atomic E-state index is -4.09. The molecular formula is C28H32FNO7S. The van der Waals surface area contributed by atoms with Crippen LogP contribution in [0.1, 0.15) is 41.1 Å². The SMILES string of the molecule is CCN(CC)CC=Cc1cc(F)ccc1S(=O)(=O)Cc1ccc(-c2ccoc2CCO)c(O)c1C(=O)OC. The van der Waals surface area contributed by atoms with Crippen LogP contribution in [0.3, 0.4) is 0 Å². The maximum Gasteiger partial charge on any atom is 0.341 e. The highest BCUT2D eigenvalue weighted by Gasteiger charge is 2.27. The van der Waals surface area contributed by atoms with Crippen molar-refractivity contribution >= 4 is 21.9 Å². The first-order valence-electron chi connectivity index (χ1n) is 12.2. The summed E-state index contributed by atoms with van der Waals surface area (Å²) in [6.07, 6.45) is 4.91. The highest BCUT2D eigenvalue weighted by atomic mass is 32.2. The number of carbonyl (C=O) groups is 1. The number of esters is 1. The van der Waals surface area contributed by atoms with Gasteiger partial charge in [0.05, 0.1) is 30.6 Å². The predicted octanol–water partition coefficient (Wildman–Crippen LogP) is 4.44. The smallest absolute Gasteiger partial charge is 0.341 e. The van der Waals surface area contributed by atoms with Crippen LogP contribution in [0, 0.1) is 5.82 Å². The van der Waals surface area contributed by atoms with Crippen LogP contribution in [0.2, 0.25) is 0 Å². The number of phenols is 1. The minimum Gasteiger partial charge on any atom is -0.506 e. The van der Waals surface area contributed by atoms with Gasteiger partial charge in [0.1, 0.15) is 22.9 Å². The van der Waals surface area contributed by atoms with Crippen LogP contribution >= 0.6 is 0 Å². The molecule has 0 spiro atoms. The number of rotatable bonds is 12. The molecule has 0 aliphatic heterocycles. The molecule has 38 heavy (non-hydrogen) atoms. The third-order valence-corrected chi connectivity index (χ3v) is 7.97. The molecule has 0 fully saturated rings. The molecule has 1 aromatic heterocycles. The van der Waals surface area contributed by atoms with Crippen LogP contribution in [-0.4, -0.2) is 62.9 Å². The van der Waals surface area contributed by atoms with Gasteiger partial charge >= 0.3 is 5.97 Å². The van der Waals surface area contributed by atoms with Crippen LogP contribution in [-0.2, 0) is 26.7 Å². The summed E-state index contributed by atoms with van der Waals surface area (Å²) in [4.78, 5) is 14.7. The number of aromatic hydroxyl groups is 1. The molecule has 0 aliphatic carbocycles. The van der Waals surface area contributed by atoms with Crippen molar-refractivity contribution in [3.05, 3.63) is 77.0 Å². The average Bonchev–Trinajstić information content (AvgIpc) is 3.34. The standard InChI is InChI=1S/C28H32FNO7S/c1-4-30(5-2)14-6-7-19-17-21(29)9-11-25(19)38(34,35)18-20-8-10-23(27(32)26(20)28(33)36-3)22-13-16-37-24(22)12-15-31/h6-11,13,16-17,31-32H,4-5,12,14-15,18H2,1-3H3. The van der Waals surface area contributed by atoms with Crippen molar-refractivity contribution in [3.63, 3.8) is 0 Å². The Morgan fingerprint density at radius 1 is 1.13 bits per heavy atom. The number of likely N-dealkylation sites (N-methyl/N-ethyl adjacent to an activating group) is 1. The first kappa shape index (κ1) is 29.1. The molecule has 204 valence electrons. The highest BCUT2D eigenvalue weighted by Crippen LogP contribution is 2.38. The average molecular weight is 546 g/mol. The number of hydrogen-bond acceptors (Lipinski definition) is 8. The van der Waals surface area contributed by atoms with Crippen molar-refractivity contribution in [1.29, 1.82) is 0 Å². The summed E-state index contributed by atoms with van der Waals surface area (Å²) in [5.41, 5.74) is 0.587. The van der Waals surface area contributed by atoms with Crippen molar-refractivity contribution in [2.24, 2.45) is 0 Å². The number of methoxy groups -OCH3 is 1. The van der Waals surface area contributed by atoms with Crippen molar-refractivity contribution in [3.8, 4) is 16.9 Å². The van der Waals surface area contributed by atoms with Gasteiger partial charge < -0.3 is 24.3 Å². The largest absolute Gasteiger partial charge is 0.506 e. The molecule has 0 saturated heterocycles. The Kier molecular flexibility index (Phi) is 9.84. The molecule has 3 aromatic rings. The Labute approximate surface area is 221 Å². The molecule has 0 aliphatic rings. The molecule has 10 heteroatoms. The molecule has 0 amide bonds. The van der Waals surface area contributed by atoms with Crippen molar-refractivity contribution in [2.75, 3.05) is 33.4 Å². The van der Waals surface area contributed by atoms with E-state index in [1.165, 1.54) is 24.5 Å². The Morgan fingerprint density at radius 3 is 2.53 bits per heavy atom. The third-order valence-electron chi connectivity index (χ3n) is 6.24. The number of phenolic OH excluding ortho intramolecular Hbond substituents is 1. The summed E-state index contributed by atoms with van der Waals surface area (Å²) in [6, 6.07) is 7.89. The lowest BCUT2D eigenvalue weighted by Gasteiger charge is -2.16. The maximum atomic E-state index is 14.1. The fourth-order valence-electron chi connectivity index (χ4n) is 4.20. The van der Waals surface area contributed by atoms with Crippen molar-refractivity contribution in [2.45, 2.75) is 30.9 Å². The second kappa shape index (κ2) is 12.9. The van der Waals surface area contributed by atoms with Gasteiger partial charge in [0, 0.05) is 24.1 Å². The van der Waals surface area contributed by atoms with Gasteiger partial charge in [-0.2, -0.15) is 0 Å². The van der Waals surface area contributed by atoms with Gasteiger partial charge in [-0.1, -0.05) is 38.1 Å². The molecule has 8 nitrogen and oxygen atoms in total. The Hall–Kier alpha value is -3.47. The summed E-state index contributed by atoms with van der Waals surface area (Å²) in [5.74, 6) is -2.21. The van der Waals surface area contributed by atoms with Crippen LogP contribution in [0.4, 0.5) is 4.39 Å². The van der Waals surface area contributed by atoms with E-state index in [0.29, 0.717) is 17.9 Å². The molecule has 0 unspecified atom stereocenters. The van der Waals surface area contributed by atoms with Crippen LogP contribution in [0.25, 0.3) is 17.2 Å². The number of hydrogen-bond donors (Lipinski definition) is 2. The van der Waals surface area contributed by atoms with E-state index in [9.17, 15) is 27.8 Å². The van der Waals surface area contributed by atoms with E-state index in [-0.39, 0.29) is 40.2 Å². The zero-order valence-electron chi connectivity index (χ0n) is 21.6. The number of sulfone groups is 1. The molecule has 1 heterocycles. The maximum absolute atomic E-state index is 14.1. The zero-order valence-corrected chi connectivity index (χ0v) is 22.4. The van der Waals surface area contributed by atoms with Gasteiger partial charge in [-0.05, 0) is 48.5 Å². The van der Waals surface area contributed by atoms with Crippen molar-refractivity contribution in [1.82, 2.24) is 4.90 Å². The van der Waals surface area contributed by atoms with Gasteiger partial charge in [0.15, 0.2) is 9.84 Å². The lowest BCUT2D eigenvalue weighted by molar-refractivity contribution is 0.0596. The monoisotopic (exact) mass is 545 g/mol. The number of nitrogens with zero attached hydrogens (tertiary/aromatic N) is 1. The van der Waals surface area contributed by atoms with Gasteiger partial charge in [-0.15, -0.1) is 0 Å². The molecular weight excluding hydrogens is 513 g/mol. The first-order chi connectivity index (χ1) is 18.2. The van der Waals surface area contributed by atoms with E-state index >= 15 is 0 Å². The molecule has 0 atom stereocenters. The number of furan rings is 1. The topological polar surface area (TPSA) is 117 Å². The van der Waals surface area contributed by atoms with E-state index < -0.39 is 33.1 Å². The van der Waals surface area contributed by atoms with E-state index in [0.717, 1.165) is 32.3 Å². The second-order valence-corrected chi connectivity index (χ2v) is 10.5. The number of carbonyl (C=O) groups excluding carboxylic acids is 1. The highest BCUT2D eigenvalue weighted by molar-refractivity contribution is 7.90. The molecule has 3 rings (SSSR count). The molecule has 0 radical (unpaired) electrons. The van der Waals surface area contributed by atoms with Gasteiger partial charge in [-0.25, -0.2) is 17.6 Å². The summed E-state index contributed by atoms with van der Waals surface area (Å²) >= 11 is 0. The Bertz CT molecular complexity index is 1410. The predicted molar refractivity (Wildman–Crippen MR) is 142 cm³/mol. The quantitative estimate of drug-likeness (QED) is 0.253. The molecule has 2 aromatic carbocycles. The van der Waals surface area contributed by atoms with Crippen LogP contribution in [0.5, 0.6) is 5.75 Å². The zero-order chi connectivity index (χ0) is 27.9. The minimum absolute atomic E-state index is 0.0210. The van der Waals surface area contributed by atoms with Gasteiger partial charge in [0.2, 0.25) is 0 Å². The van der Waals surface area contributed by atoms with Gasteiger partial charge in [0.25, 0.3) is 0 Å². The van der Waals surface area contributed by atoms with Crippen LogP contribution in [0.15, 0.2) is 58.1 Å². The lowest BCUT2D eigenvalue weighted by Crippen LogP contribution is -2.22. The fourth-order valence-corrected chi connectivity index (χ4v) is 5.77. The summed E-state index contributed by atoms with van der Waals surface area (Å²) in [5, 5.41) is 20.3. The number of ether oxygens (including phenoxy) is 1. The van der Waals surface area contributed by atoms with E-state index in [2.05, 4.69) is 4.90 Å². The summed E-state index contributed by atoms with van der Waals surface area (Å²) < 4.78 is 51.3. The number of benzene rings is 2. The normalized spacial score (nSPS) is 11.9. The van der Waals surface area contributed by atoms with Gasteiger partial charge in [-0.3, -0.25) is 0 Å². The number of halogens is 1. The first-order valence-corrected chi connectivity index (χ1v) is 13.8. The second-order valence-electron chi connectivity index (χ2n) is 8.55. The summed E-state index contributed by atoms with van der Waals surface area (Å²) in [7, 11) is -2.96. The van der Waals surface area contributed by atoms with Crippen molar-refractivity contribution < 1.29 is 37.0 Å².